The fraction of sp³-hybridized carbons (Fsp3) is 0.833. The Balaban J connectivity index is 1.75. The third-order valence-electron chi connectivity index (χ3n) is 3.98. The molecule has 5 heteroatoms. The fourth-order valence-electron chi connectivity index (χ4n) is 2.91. The second-order valence-corrected chi connectivity index (χ2v) is 5.25. The van der Waals surface area contributed by atoms with Gasteiger partial charge in [0, 0.05) is 19.0 Å². The van der Waals surface area contributed by atoms with E-state index in [-0.39, 0.29) is 0 Å². The second kappa shape index (κ2) is 4.38. The first-order valence-electron chi connectivity index (χ1n) is 6.56. The van der Waals surface area contributed by atoms with Gasteiger partial charge in [-0.15, -0.1) is 0 Å². The molecule has 3 heterocycles. The van der Waals surface area contributed by atoms with E-state index in [2.05, 4.69) is 22.0 Å². The monoisotopic (exact) mass is 236 g/mol. The van der Waals surface area contributed by atoms with Crippen molar-refractivity contribution in [2.24, 2.45) is 0 Å². The Kier molecular flexibility index (Phi) is 2.88. The van der Waals surface area contributed by atoms with Gasteiger partial charge in [0.25, 0.3) is 0 Å². The molecule has 1 aromatic heterocycles. The molecule has 5 nitrogen and oxygen atoms in total. The quantitative estimate of drug-likeness (QED) is 0.823. The average Bonchev–Trinajstić information content (AvgIpc) is 2.87. The summed E-state index contributed by atoms with van der Waals surface area (Å²) < 4.78 is 1.89. The van der Waals surface area contributed by atoms with Crippen molar-refractivity contribution in [3.63, 3.8) is 0 Å². The van der Waals surface area contributed by atoms with Crippen molar-refractivity contribution in [2.45, 2.75) is 50.8 Å². The van der Waals surface area contributed by atoms with Crippen molar-refractivity contribution < 1.29 is 5.11 Å². The van der Waals surface area contributed by atoms with Crippen LogP contribution in [0.15, 0.2) is 0 Å². The lowest BCUT2D eigenvalue weighted by molar-refractivity contribution is 0.130. The molecular formula is C12H20N4O. The molecule has 2 atom stereocenters. The topological polar surface area (TPSA) is 54.2 Å². The molecule has 1 saturated heterocycles. The lowest BCUT2D eigenvalue weighted by atomic mass is 10.1. The van der Waals surface area contributed by atoms with Crippen LogP contribution in [0.1, 0.15) is 43.4 Å². The second-order valence-electron chi connectivity index (χ2n) is 5.25. The highest BCUT2D eigenvalue weighted by Gasteiger charge is 2.26. The smallest absolute Gasteiger partial charge is 0.156 e. The molecule has 0 radical (unpaired) electrons. The number of aliphatic hydroxyl groups excluding tert-OH is 1. The average molecular weight is 236 g/mol. The minimum absolute atomic E-state index is 0.411. The van der Waals surface area contributed by atoms with Gasteiger partial charge in [-0.3, -0.25) is 0 Å². The number of likely N-dealkylation sites (N-methyl/N-ethyl adjacent to an activating group) is 1. The highest BCUT2D eigenvalue weighted by Crippen LogP contribution is 2.24. The van der Waals surface area contributed by atoms with E-state index in [0.29, 0.717) is 6.04 Å². The number of aromatic nitrogens is 3. The van der Waals surface area contributed by atoms with Crippen LogP contribution < -0.4 is 0 Å². The van der Waals surface area contributed by atoms with Gasteiger partial charge >= 0.3 is 0 Å². The number of fused-ring (bicyclic) bond motifs is 1. The number of likely N-dealkylation sites (tertiary alicyclic amines) is 1. The Hall–Kier alpha value is -0.940. The van der Waals surface area contributed by atoms with Crippen LogP contribution in [0.3, 0.4) is 0 Å². The summed E-state index contributed by atoms with van der Waals surface area (Å²) in [5.41, 5.74) is 0. The van der Waals surface area contributed by atoms with Crippen molar-refractivity contribution in [3.8, 4) is 0 Å². The molecule has 0 aromatic carbocycles. The third-order valence-corrected chi connectivity index (χ3v) is 3.98. The summed E-state index contributed by atoms with van der Waals surface area (Å²) in [5.74, 6) is 1.67. The number of aryl methyl sites for hydroxylation is 1. The van der Waals surface area contributed by atoms with Gasteiger partial charge in [0.15, 0.2) is 11.6 Å². The predicted octanol–water partition coefficient (Wildman–Crippen LogP) is 0.742. The molecule has 0 saturated carbocycles. The molecule has 2 unspecified atom stereocenters. The van der Waals surface area contributed by atoms with E-state index in [1.54, 1.807) is 0 Å². The van der Waals surface area contributed by atoms with Crippen LogP contribution in [-0.4, -0.2) is 44.4 Å². The molecule has 2 aliphatic rings. The van der Waals surface area contributed by atoms with Crippen molar-refractivity contribution >= 4 is 0 Å². The molecule has 1 fully saturated rings. The summed E-state index contributed by atoms with van der Waals surface area (Å²) in [4.78, 5) is 6.89. The van der Waals surface area contributed by atoms with Gasteiger partial charge in [-0.05, 0) is 39.3 Å². The lowest BCUT2D eigenvalue weighted by Gasteiger charge is -2.17. The van der Waals surface area contributed by atoms with Gasteiger partial charge in [-0.25, -0.2) is 9.67 Å². The highest BCUT2D eigenvalue weighted by atomic mass is 16.3. The van der Waals surface area contributed by atoms with Crippen LogP contribution in [0, 0.1) is 0 Å². The van der Waals surface area contributed by atoms with Crippen LogP contribution in [-0.2, 0) is 13.0 Å². The zero-order chi connectivity index (χ0) is 11.8. The molecule has 2 aliphatic heterocycles. The Morgan fingerprint density at radius 1 is 1.29 bits per heavy atom. The molecule has 0 aliphatic carbocycles. The molecular weight excluding hydrogens is 216 g/mol. The summed E-state index contributed by atoms with van der Waals surface area (Å²) in [5, 5.41) is 14.4. The summed E-state index contributed by atoms with van der Waals surface area (Å²) in [6, 6.07) is 0.580. The largest absolute Gasteiger partial charge is 0.385 e. The molecule has 1 N–H and O–H groups in total. The maximum Gasteiger partial charge on any atom is 0.156 e. The lowest BCUT2D eigenvalue weighted by Crippen LogP contribution is -2.27. The van der Waals surface area contributed by atoms with Crippen molar-refractivity contribution in [1.82, 2.24) is 19.7 Å². The predicted molar refractivity (Wildman–Crippen MR) is 63.6 cm³/mol. The van der Waals surface area contributed by atoms with Crippen LogP contribution in [0.25, 0.3) is 0 Å². The zero-order valence-electron chi connectivity index (χ0n) is 10.3. The minimum atomic E-state index is -0.411. The fourth-order valence-corrected chi connectivity index (χ4v) is 2.91. The highest BCUT2D eigenvalue weighted by molar-refractivity contribution is 5.01. The van der Waals surface area contributed by atoms with Crippen molar-refractivity contribution in [3.05, 3.63) is 11.6 Å². The Bertz CT molecular complexity index is 403. The van der Waals surface area contributed by atoms with Gasteiger partial charge in [0.05, 0.1) is 0 Å². The van der Waals surface area contributed by atoms with Crippen LogP contribution >= 0.6 is 0 Å². The molecule has 0 spiro atoms. The summed E-state index contributed by atoms with van der Waals surface area (Å²) >= 11 is 0. The zero-order valence-corrected chi connectivity index (χ0v) is 10.3. The van der Waals surface area contributed by atoms with Gasteiger partial charge < -0.3 is 10.0 Å². The van der Waals surface area contributed by atoms with E-state index in [0.717, 1.165) is 37.5 Å². The standard InChI is InChI=1S/C12H20N4O/c1-15-6-2-4-9(15)8-11-13-12-10(17)5-3-7-16(12)14-11/h9-10,17H,2-8H2,1H3. The number of nitrogens with zero attached hydrogens (tertiary/aromatic N) is 4. The minimum Gasteiger partial charge on any atom is -0.385 e. The normalized spacial score (nSPS) is 29.5. The first kappa shape index (κ1) is 11.2. The summed E-state index contributed by atoms with van der Waals surface area (Å²) in [6.07, 6.45) is 4.84. The van der Waals surface area contributed by atoms with Crippen molar-refractivity contribution in [1.29, 1.82) is 0 Å². The van der Waals surface area contributed by atoms with E-state index in [9.17, 15) is 5.11 Å². The maximum atomic E-state index is 9.85. The number of aliphatic hydroxyl groups is 1. The molecule has 17 heavy (non-hydrogen) atoms. The van der Waals surface area contributed by atoms with E-state index in [1.807, 2.05) is 4.68 Å². The molecule has 0 amide bonds. The van der Waals surface area contributed by atoms with E-state index >= 15 is 0 Å². The number of hydrogen-bond donors (Lipinski definition) is 1. The number of rotatable bonds is 2. The Labute approximate surface area is 101 Å². The number of hydrogen-bond acceptors (Lipinski definition) is 4. The maximum absolute atomic E-state index is 9.85. The van der Waals surface area contributed by atoms with Gasteiger partial charge in [0.2, 0.25) is 0 Å². The van der Waals surface area contributed by atoms with Gasteiger partial charge in [0.1, 0.15) is 6.10 Å². The van der Waals surface area contributed by atoms with Gasteiger partial charge in [-0.1, -0.05) is 0 Å². The van der Waals surface area contributed by atoms with Crippen LogP contribution in [0.2, 0.25) is 0 Å². The van der Waals surface area contributed by atoms with Crippen molar-refractivity contribution in [2.75, 3.05) is 13.6 Å². The molecule has 94 valence electrons. The molecule has 0 bridgehead atoms. The van der Waals surface area contributed by atoms with E-state index in [4.69, 9.17) is 0 Å². The summed E-state index contributed by atoms with van der Waals surface area (Å²) in [6.45, 7) is 2.08. The van der Waals surface area contributed by atoms with Gasteiger partial charge in [-0.2, -0.15) is 5.10 Å². The first-order valence-corrected chi connectivity index (χ1v) is 6.56. The molecule has 1 aromatic rings. The Morgan fingerprint density at radius 3 is 2.82 bits per heavy atom. The first-order chi connectivity index (χ1) is 8.24. The third kappa shape index (κ3) is 2.09. The SMILES string of the molecule is CN1CCCC1Cc1nc2n(n1)CCCC2O. The van der Waals surface area contributed by atoms with E-state index < -0.39 is 6.10 Å². The van der Waals surface area contributed by atoms with E-state index in [1.165, 1.54) is 19.4 Å². The Morgan fingerprint density at radius 2 is 2.12 bits per heavy atom. The molecule has 3 rings (SSSR count). The van der Waals surface area contributed by atoms with Crippen LogP contribution in [0.5, 0.6) is 0 Å². The van der Waals surface area contributed by atoms with Crippen LogP contribution in [0.4, 0.5) is 0 Å². The summed E-state index contributed by atoms with van der Waals surface area (Å²) in [7, 11) is 2.17.